The normalized spacial score (nSPS) is 18.0. The molecule has 2 nitrogen and oxygen atoms in total. The summed E-state index contributed by atoms with van der Waals surface area (Å²) in [5, 5.41) is 5.52. The molecule has 2 aromatic rings. The van der Waals surface area contributed by atoms with Crippen LogP contribution in [-0.4, -0.2) is 11.0 Å². The standard InChI is InChI=1S/C18H23ClN2/c1-13(14-6-3-2-4-7-14)21-12-15-9-10-17(19)16-8-5-11-20-18(15)16/h5,8-11,13-14,21H,2-4,6-7,12H2,1H3/t13-/m0/s1. The van der Waals surface area contributed by atoms with Crippen LogP contribution in [0.1, 0.15) is 44.6 Å². The van der Waals surface area contributed by atoms with E-state index in [4.69, 9.17) is 11.6 Å². The lowest BCUT2D eigenvalue weighted by atomic mass is 9.84. The molecule has 1 aliphatic carbocycles. The number of hydrogen-bond donors (Lipinski definition) is 1. The van der Waals surface area contributed by atoms with E-state index < -0.39 is 0 Å². The number of aromatic nitrogens is 1. The first kappa shape index (κ1) is 14.8. The van der Waals surface area contributed by atoms with E-state index in [1.807, 2.05) is 24.4 Å². The second-order valence-corrected chi connectivity index (χ2v) is 6.58. The Kier molecular flexibility index (Phi) is 4.77. The van der Waals surface area contributed by atoms with Crippen molar-refractivity contribution >= 4 is 22.5 Å². The molecule has 1 aliphatic rings. The Morgan fingerprint density at radius 2 is 2.05 bits per heavy atom. The predicted molar refractivity (Wildman–Crippen MR) is 89.6 cm³/mol. The summed E-state index contributed by atoms with van der Waals surface area (Å²) in [6.45, 7) is 3.18. The minimum atomic E-state index is 0.569. The van der Waals surface area contributed by atoms with Crippen LogP contribution in [0.4, 0.5) is 0 Å². The molecule has 0 spiro atoms. The van der Waals surface area contributed by atoms with E-state index in [2.05, 4.69) is 23.3 Å². The van der Waals surface area contributed by atoms with Crippen molar-refractivity contribution in [1.29, 1.82) is 0 Å². The maximum absolute atomic E-state index is 6.25. The Morgan fingerprint density at radius 3 is 2.86 bits per heavy atom. The maximum Gasteiger partial charge on any atom is 0.0761 e. The van der Waals surface area contributed by atoms with Gasteiger partial charge in [-0.25, -0.2) is 0 Å². The van der Waals surface area contributed by atoms with Gasteiger partial charge >= 0.3 is 0 Å². The summed E-state index contributed by atoms with van der Waals surface area (Å²) < 4.78 is 0. The largest absolute Gasteiger partial charge is 0.310 e. The SMILES string of the molecule is C[C@H](NCc1ccc(Cl)c2cccnc12)C1CCCCC1. The van der Waals surface area contributed by atoms with Gasteiger partial charge in [0.05, 0.1) is 5.52 Å². The number of hydrogen-bond acceptors (Lipinski definition) is 2. The highest BCUT2D eigenvalue weighted by Crippen LogP contribution is 2.27. The quantitative estimate of drug-likeness (QED) is 0.864. The second kappa shape index (κ2) is 6.76. The van der Waals surface area contributed by atoms with Crippen molar-refractivity contribution in [3.05, 3.63) is 41.0 Å². The number of rotatable bonds is 4. The number of nitrogens with one attached hydrogen (secondary N) is 1. The molecular formula is C18H23ClN2. The minimum Gasteiger partial charge on any atom is -0.310 e. The van der Waals surface area contributed by atoms with Gasteiger partial charge in [-0.05, 0) is 49.4 Å². The summed E-state index contributed by atoms with van der Waals surface area (Å²) in [6.07, 6.45) is 8.77. The Morgan fingerprint density at radius 1 is 1.24 bits per heavy atom. The fourth-order valence-corrected chi connectivity index (χ4v) is 3.63. The summed E-state index contributed by atoms with van der Waals surface area (Å²) in [4.78, 5) is 4.51. The number of pyridine rings is 1. The monoisotopic (exact) mass is 302 g/mol. The molecule has 0 unspecified atom stereocenters. The first-order chi connectivity index (χ1) is 10.3. The highest BCUT2D eigenvalue weighted by atomic mass is 35.5. The number of halogens is 1. The van der Waals surface area contributed by atoms with Crippen molar-refractivity contribution in [3.8, 4) is 0 Å². The predicted octanol–water partition coefficient (Wildman–Crippen LogP) is 4.95. The molecule has 1 atom stereocenters. The molecule has 0 aliphatic heterocycles. The van der Waals surface area contributed by atoms with Gasteiger partial charge in [0.25, 0.3) is 0 Å². The Balaban J connectivity index is 1.72. The Labute approximate surface area is 131 Å². The van der Waals surface area contributed by atoms with Gasteiger partial charge in [0.15, 0.2) is 0 Å². The van der Waals surface area contributed by atoms with Crippen LogP contribution in [0.2, 0.25) is 5.02 Å². The van der Waals surface area contributed by atoms with Crippen molar-refractivity contribution in [2.24, 2.45) is 5.92 Å². The molecule has 1 heterocycles. The number of benzene rings is 1. The summed E-state index contributed by atoms with van der Waals surface area (Å²) >= 11 is 6.25. The summed E-state index contributed by atoms with van der Waals surface area (Å²) in [6, 6.07) is 8.63. The third kappa shape index (κ3) is 3.38. The number of fused-ring (bicyclic) bond motifs is 1. The fraction of sp³-hybridized carbons (Fsp3) is 0.500. The molecule has 1 saturated carbocycles. The minimum absolute atomic E-state index is 0.569. The fourth-order valence-electron chi connectivity index (χ4n) is 3.41. The molecule has 1 aromatic carbocycles. The van der Waals surface area contributed by atoms with Crippen LogP contribution in [0.3, 0.4) is 0 Å². The van der Waals surface area contributed by atoms with E-state index in [-0.39, 0.29) is 0 Å². The molecule has 3 heteroatoms. The lowest BCUT2D eigenvalue weighted by Gasteiger charge is -2.28. The van der Waals surface area contributed by atoms with Crippen molar-refractivity contribution < 1.29 is 0 Å². The van der Waals surface area contributed by atoms with Crippen LogP contribution >= 0.6 is 11.6 Å². The molecule has 1 fully saturated rings. The van der Waals surface area contributed by atoms with Gasteiger partial charge < -0.3 is 5.32 Å². The van der Waals surface area contributed by atoms with Gasteiger partial charge in [-0.3, -0.25) is 4.98 Å². The van der Waals surface area contributed by atoms with Crippen LogP contribution in [0.5, 0.6) is 0 Å². The van der Waals surface area contributed by atoms with Crippen LogP contribution in [-0.2, 0) is 6.54 Å². The zero-order chi connectivity index (χ0) is 14.7. The van der Waals surface area contributed by atoms with Gasteiger partial charge in [-0.15, -0.1) is 0 Å². The van der Waals surface area contributed by atoms with Crippen molar-refractivity contribution in [2.45, 2.75) is 51.6 Å². The molecule has 0 bridgehead atoms. The number of nitrogens with zero attached hydrogens (tertiary/aromatic N) is 1. The zero-order valence-corrected chi connectivity index (χ0v) is 13.4. The molecule has 1 aromatic heterocycles. The first-order valence-corrected chi connectivity index (χ1v) is 8.39. The molecule has 21 heavy (non-hydrogen) atoms. The average Bonchev–Trinajstić information content (AvgIpc) is 2.55. The van der Waals surface area contributed by atoms with Gasteiger partial charge in [-0.2, -0.15) is 0 Å². The van der Waals surface area contributed by atoms with Gasteiger partial charge in [0.2, 0.25) is 0 Å². The van der Waals surface area contributed by atoms with E-state index in [0.29, 0.717) is 6.04 Å². The van der Waals surface area contributed by atoms with Crippen LogP contribution in [0.15, 0.2) is 30.5 Å². The molecule has 1 N–H and O–H groups in total. The Hall–Kier alpha value is -1.12. The van der Waals surface area contributed by atoms with Crippen LogP contribution < -0.4 is 5.32 Å². The van der Waals surface area contributed by atoms with Crippen molar-refractivity contribution in [1.82, 2.24) is 10.3 Å². The van der Waals surface area contributed by atoms with Crippen molar-refractivity contribution in [3.63, 3.8) is 0 Å². The molecule has 0 saturated heterocycles. The molecule has 0 amide bonds. The Bertz CT molecular complexity index is 605. The van der Waals surface area contributed by atoms with E-state index in [9.17, 15) is 0 Å². The smallest absolute Gasteiger partial charge is 0.0761 e. The third-order valence-corrected chi connectivity index (χ3v) is 5.10. The second-order valence-electron chi connectivity index (χ2n) is 6.17. The molecule has 3 rings (SSSR count). The highest BCUT2D eigenvalue weighted by molar-refractivity contribution is 6.35. The summed E-state index contributed by atoms with van der Waals surface area (Å²) in [5.74, 6) is 0.824. The van der Waals surface area contributed by atoms with E-state index in [0.717, 1.165) is 28.4 Å². The summed E-state index contributed by atoms with van der Waals surface area (Å²) in [5.41, 5.74) is 2.26. The maximum atomic E-state index is 6.25. The summed E-state index contributed by atoms with van der Waals surface area (Å²) in [7, 11) is 0. The zero-order valence-electron chi connectivity index (χ0n) is 12.6. The van der Waals surface area contributed by atoms with Gasteiger partial charge in [0.1, 0.15) is 0 Å². The van der Waals surface area contributed by atoms with Crippen LogP contribution in [0.25, 0.3) is 10.9 Å². The van der Waals surface area contributed by atoms with E-state index in [1.54, 1.807) is 0 Å². The van der Waals surface area contributed by atoms with E-state index in [1.165, 1.54) is 37.7 Å². The van der Waals surface area contributed by atoms with E-state index >= 15 is 0 Å². The lowest BCUT2D eigenvalue weighted by molar-refractivity contribution is 0.281. The molecule has 0 radical (unpaired) electrons. The molecular weight excluding hydrogens is 280 g/mol. The first-order valence-electron chi connectivity index (χ1n) is 8.01. The molecule has 112 valence electrons. The third-order valence-electron chi connectivity index (χ3n) is 4.77. The van der Waals surface area contributed by atoms with Crippen molar-refractivity contribution in [2.75, 3.05) is 0 Å². The van der Waals surface area contributed by atoms with Gasteiger partial charge in [-0.1, -0.05) is 36.9 Å². The topological polar surface area (TPSA) is 24.9 Å². The highest BCUT2D eigenvalue weighted by Gasteiger charge is 2.19. The van der Waals surface area contributed by atoms with Crippen LogP contribution in [0, 0.1) is 5.92 Å². The average molecular weight is 303 g/mol. The lowest BCUT2D eigenvalue weighted by Crippen LogP contribution is -2.34. The van der Waals surface area contributed by atoms with Gasteiger partial charge in [0, 0.05) is 29.2 Å².